The lowest BCUT2D eigenvalue weighted by atomic mass is 10.2. The van der Waals surface area contributed by atoms with Gasteiger partial charge < -0.3 is 5.32 Å². The number of benzene rings is 2. The normalized spacial score (nSPS) is 10.6. The monoisotopic (exact) mass is 333 g/mol. The van der Waals surface area contributed by atoms with Crippen molar-refractivity contribution in [3.05, 3.63) is 63.6 Å². The molecule has 6 heteroatoms. The molecule has 2 aromatic rings. The van der Waals surface area contributed by atoms with Gasteiger partial charge in [-0.25, -0.2) is 17.6 Å². The van der Waals surface area contributed by atoms with E-state index in [-0.39, 0.29) is 12.2 Å². The van der Waals surface area contributed by atoms with Crippen LogP contribution in [0.5, 0.6) is 0 Å². The Labute approximate surface area is 115 Å². The smallest absolute Gasteiger partial charge is 0.161 e. The average molecular weight is 334 g/mol. The third-order valence-electron chi connectivity index (χ3n) is 2.49. The molecule has 100 valence electrons. The molecular formula is C13H8BrF4N. The molecule has 0 saturated carbocycles. The van der Waals surface area contributed by atoms with Crippen LogP contribution in [0, 0.1) is 23.3 Å². The van der Waals surface area contributed by atoms with Crippen LogP contribution in [-0.2, 0) is 6.54 Å². The van der Waals surface area contributed by atoms with Crippen molar-refractivity contribution in [1.82, 2.24) is 0 Å². The second-order valence-electron chi connectivity index (χ2n) is 3.84. The molecule has 2 rings (SSSR count). The first-order valence-corrected chi connectivity index (χ1v) is 6.09. The molecular weight excluding hydrogens is 326 g/mol. The Morgan fingerprint density at radius 2 is 1.58 bits per heavy atom. The molecule has 0 atom stereocenters. The Bertz CT molecular complexity index is 616. The van der Waals surface area contributed by atoms with Gasteiger partial charge in [0.05, 0.1) is 5.69 Å². The van der Waals surface area contributed by atoms with Gasteiger partial charge in [0.15, 0.2) is 11.6 Å². The molecule has 0 amide bonds. The van der Waals surface area contributed by atoms with E-state index >= 15 is 0 Å². The van der Waals surface area contributed by atoms with Gasteiger partial charge >= 0.3 is 0 Å². The van der Waals surface area contributed by atoms with Crippen molar-refractivity contribution in [1.29, 1.82) is 0 Å². The summed E-state index contributed by atoms with van der Waals surface area (Å²) in [4.78, 5) is 0. The molecule has 1 N–H and O–H groups in total. The zero-order valence-electron chi connectivity index (χ0n) is 9.48. The average Bonchev–Trinajstić information content (AvgIpc) is 2.36. The molecule has 0 heterocycles. The lowest BCUT2D eigenvalue weighted by Crippen LogP contribution is -2.04. The molecule has 0 saturated heterocycles. The van der Waals surface area contributed by atoms with Gasteiger partial charge in [-0.05, 0) is 23.8 Å². The molecule has 0 aliphatic rings. The van der Waals surface area contributed by atoms with Gasteiger partial charge in [-0.2, -0.15) is 0 Å². The summed E-state index contributed by atoms with van der Waals surface area (Å²) >= 11 is 3.21. The zero-order valence-corrected chi connectivity index (χ0v) is 11.1. The van der Waals surface area contributed by atoms with E-state index < -0.39 is 23.3 Å². The Hall–Kier alpha value is -1.56. The molecule has 0 aliphatic carbocycles. The largest absolute Gasteiger partial charge is 0.378 e. The summed E-state index contributed by atoms with van der Waals surface area (Å²) < 4.78 is 52.7. The number of hydrogen-bond donors (Lipinski definition) is 1. The van der Waals surface area contributed by atoms with Crippen molar-refractivity contribution in [2.75, 3.05) is 5.32 Å². The highest BCUT2D eigenvalue weighted by molar-refractivity contribution is 9.10. The maximum Gasteiger partial charge on any atom is 0.161 e. The van der Waals surface area contributed by atoms with Gasteiger partial charge in [0.25, 0.3) is 0 Å². The minimum atomic E-state index is -1.25. The number of hydrogen-bond acceptors (Lipinski definition) is 1. The topological polar surface area (TPSA) is 12.0 Å². The maximum atomic E-state index is 13.4. The van der Waals surface area contributed by atoms with Crippen LogP contribution < -0.4 is 5.32 Å². The molecule has 0 aromatic heterocycles. The zero-order chi connectivity index (χ0) is 14.0. The van der Waals surface area contributed by atoms with E-state index in [4.69, 9.17) is 0 Å². The van der Waals surface area contributed by atoms with Crippen LogP contribution in [0.25, 0.3) is 0 Å². The van der Waals surface area contributed by atoms with Crippen LogP contribution in [0.4, 0.5) is 23.2 Å². The summed E-state index contributed by atoms with van der Waals surface area (Å²) in [5, 5.41) is 2.59. The highest BCUT2D eigenvalue weighted by Crippen LogP contribution is 2.22. The van der Waals surface area contributed by atoms with Crippen LogP contribution in [0.1, 0.15) is 5.56 Å². The molecule has 1 nitrogen and oxygen atoms in total. The van der Waals surface area contributed by atoms with E-state index in [1.54, 1.807) is 0 Å². The lowest BCUT2D eigenvalue weighted by molar-refractivity contribution is 0.496. The first kappa shape index (κ1) is 13.9. The first-order valence-electron chi connectivity index (χ1n) is 5.29. The van der Waals surface area contributed by atoms with Crippen LogP contribution in [0.15, 0.2) is 34.8 Å². The van der Waals surface area contributed by atoms with Gasteiger partial charge in [-0.1, -0.05) is 15.9 Å². The molecule has 0 unspecified atom stereocenters. The van der Waals surface area contributed by atoms with Crippen LogP contribution in [0.3, 0.4) is 0 Å². The number of rotatable bonds is 3. The molecule has 19 heavy (non-hydrogen) atoms. The second kappa shape index (κ2) is 5.61. The lowest BCUT2D eigenvalue weighted by Gasteiger charge is -2.09. The van der Waals surface area contributed by atoms with E-state index in [2.05, 4.69) is 21.2 Å². The van der Waals surface area contributed by atoms with Gasteiger partial charge in [-0.15, -0.1) is 0 Å². The van der Waals surface area contributed by atoms with E-state index in [9.17, 15) is 17.6 Å². The summed E-state index contributed by atoms with van der Waals surface area (Å²) in [7, 11) is 0. The van der Waals surface area contributed by atoms with Gasteiger partial charge in [0.1, 0.15) is 11.6 Å². The van der Waals surface area contributed by atoms with Crippen LogP contribution >= 0.6 is 15.9 Å². The Kier molecular flexibility index (Phi) is 4.09. The second-order valence-corrected chi connectivity index (χ2v) is 4.69. The predicted molar refractivity (Wildman–Crippen MR) is 67.7 cm³/mol. The van der Waals surface area contributed by atoms with Gasteiger partial charge in [-0.3, -0.25) is 0 Å². The summed E-state index contributed by atoms with van der Waals surface area (Å²) in [5.74, 6) is -3.76. The van der Waals surface area contributed by atoms with Crippen molar-refractivity contribution in [2.24, 2.45) is 0 Å². The highest BCUT2D eigenvalue weighted by atomic mass is 79.9. The number of anilines is 1. The van der Waals surface area contributed by atoms with Crippen LogP contribution in [0.2, 0.25) is 0 Å². The highest BCUT2D eigenvalue weighted by Gasteiger charge is 2.10. The quantitative estimate of drug-likeness (QED) is 0.638. The van der Waals surface area contributed by atoms with Crippen molar-refractivity contribution < 1.29 is 17.6 Å². The minimum Gasteiger partial charge on any atom is -0.378 e. The fourth-order valence-corrected chi connectivity index (χ4v) is 1.91. The van der Waals surface area contributed by atoms with Crippen molar-refractivity contribution in [3.63, 3.8) is 0 Å². The Balaban J connectivity index is 2.19. The van der Waals surface area contributed by atoms with E-state index in [1.165, 1.54) is 18.2 Å². The molecule has 0 aliphatic heterocycles. The van der Waals surface area contributed by atoms with Crippen molar-refractivity contribution in [2.45, 2.75) is 6.54 Å². The summed E-state index contributed by atoms with van der Waals surface area (Å²) in [6.07, 6.45) is 0. The van der Waals surface area contributed by atoms with E-state index in [1.807, 2.05) is 0 Å². The maximum absolute atomic E-state index is 13.4. The number of nitrogens with one attached hydrogen (secondary N) is 1. The molecule has 0 bridgehead atoms. The molecule has 0 spiro atoms. The fourth-order valence-electron chi connectivity index (χ4n) is 1.53. The van der Waals surface area contributed by atoms with Crippen LogP contribution in [-0.4, -0.2) is 0 Å². The van der Waals surface area contributed by atoms with Gasteiger partial charge in [0, 0.05) is 23.2 Å². The third-order valence-corrected chi connectivity index (χ3v) is 3.26. The standard InChI is InChI=1S/C13H8BrF4N/c14-9-2-1-8(15)3-7(9)6-19-13-5-11(17)10(16)4-12(13)18/h1-5,19H,6H2. The predicted octanol–water partition coefficient (Wildman–Crippen LogP) is 4.62. The summed E-state index contributed by atoms with van der Waals surface area (Å²) in [6, 6.07) is 5.21. The van der Waals surface area contributed by atoms with Crippen molar-refractivity contribution >= 4 is 21.6 Å². The summed E-state index contributed by atoms with van der Waals surface area (Å²) in [5.41, 5.74) is 0.346. The van der Waals surface area contributed by atoms with E-state index in [0.29, 0.717) is 16.1 Å². The Morgan fingerprint density at radius 3 is 2.32 bits per heavy atom. The molecule has 0 fully saturated rings. The molecule has 2 aromatic carbocycles. The van der Waals surface area contributed by atoms with E-state index in [0.717, 1.165) is 6.07 Å². The van der Waals surface area contributed by atoms with Crippen molar-refractivity contribution in [3.8, 4) is 0 Å². The fraction of sp³-hybridized carbons (Fsp3) is 0.0769. The number of halogens is 5. The third kappa shape index (κ3) is 3.26. The minimum absolute atomic E-state index is 0.0698. The Morgan fingerprint density at radius 1 is 0.895 bits per heavy atom. The SMILES string of the molecule is Fc1ccc(Br)c(CNc2cc(F)c(F)cc2F)c1. The van der Waals surface area contributed by atoms with Gasteiger partial charge in [0.2, 0.25) is 0 Å². The summed E-state index contributed by atoms with van der Waals surface area (Å²) in [6.45, 7) is 0.0698. The first-order chi connectivity index (χ1) is 8.97. The molecule has 0 radical (unpaired) electrons.